The molecule has 0 aromatic rings. The number of hydrogen-bond acceptors (Lipinski definition) is 4. The van der Waals surface area contributed by atoms with Crippen LogP contribution in [0.4, 0.5) is 4.79 Å². The zero-order valence-corrected chi connectivity index (χ0v) is 14.1. The van der Waals surface area contributed by atoms with Gasteiger partial charge >= 0.3 is 6.09 Å². The van der Waals surface area contributed by atoms with Crippen LogP contribution in [0.25, 0.3) is 0 Å². The molecule has 1 aliphatic rings. The third-order valence-corrected chi connectivity index (χ3v) is 3.72. The minimum atomic E-state index is -0.476. The lowest BCUT2D eigenvalue weighted by Crippen LogP contribution is -2.36. The van der Waals surface area contributed by atoms with Crippen LogP contribution in [0.2, 0.25) is 0 Å². The molecule has 126 valence electrons. The summed E-state index contributed by atoms with van der Waals surface area (Å²) in [5.41, 5.74) is 4.97. The number of carbonyl (C=O) groups is 2. The van der Waals surface area contributed by atoms with Crippen molar-refractivity contribution < 1.29 is 14.3 Å². The minimum absolute atomic E-state index is 0.0841. The monoisotopic (exact) mass is 311 g/mol. The minimum Gasteiger partial charge on any atom is -0.444 e. The molecule has 0 heterocycles. The van der Waals surface area contributed by atoms with Crippen LogP contribution in [0.5, 0.6) is 0 Å². The highest BCUT2D eigenvalue weighted by atomic mass is 16.6. The van der Waals surface area contributed by atoms with Gasteiger partial charge in [-0.15, -0.1) is 0 Å². The first kappa shape index (κ1) is 18.5. The lowest BCUT2D eigenvalue weighted by molar-refractivity contribution is -0.122. The van der Waals surface area contributed by atoms with Gasteiger partial charge in [0.15, 0.2) is 5.78 Å². The van der Waals surface area contributed by atoms with Crippen LogP contribution in [0, 0.1) is 11.8 Å². The third kappa shape index (κ3) is 7.43. The van der Waals surface area contributed by atoms with Gasteiger partial charge in [0.05, 0.1) is 12.4 Å². The summed E-state index contributed by atoms with van der Waals surface area (Å²) in [7, 11) is 0. The van der Waals surface area contributed by atoms with Crippen LogP contribution in [0.15, 0.2) is 4.99 Å². The molecule has 0 spiro atoms. The van der Waals surface area contributed by atoms with E-state index in [4.69, 9.17) is 10.5 Å². The Morgan fingerprint density at radius 2 is 1.82 bits per heavy atom. The van der Waals surface area contributed by atoms with Gasteiger partial charge in [-0.2, -0.15) is 0 Å². The number of nitrogens with one attached hydrogen (secondary N) is 1. The van der Waals surface area contributed by atoms with Gasteiger partial charge in [-0.05, 0) is 59.3 Å². The molecule has 0 aliphatic heterocycles. The number of ether oxygens (including phenoxy) is 1. The summed E-state index contributed by atoms with van der Waals surface area (Å²) in [5, 5.41) is 2.81. The molecule has 1 amide bonds. The molecule has 22 heavy (non-hydrogen) atoms. The van der Waals surface area contributed by atoms with Crippen LogP contribution in [0.3, 0.4) is 0 Å². The van der Waals surface area contributed by atoms with Gasteiger partial charge in [-0.25, -0.2) is 4.79 Å². The van der Waals surface area contributed by atoms with Crippen molar-refractivity contribution in [1.29, 1.82) is 0 Å². The highest BCUT2D eigenvalue weighted by Crippen LogP contribution is 2.29. The number of hydrogen-bond donors (Lipinski definition) is 2. The second-order valence-corrected chi connectivity index (χ2v) is 7.02. The fraction of sp³-hybridized carbons (Fsp3) is 0.812. The second kappa shape index (κ2) is 8.15. The summed E-state index contributed by atoms with van der Waals surface area (Å²) in [6.07, 6.45) is 3.23. The molecule has 0 aromatic heterocycles. The summed E-state index contributed by atoms with van der Waals surface area (Å²) < 4.78 is 5.21. The lowest BCUT2D eigenvalue weighted by atomic mass is 9.80. The molecule has 0 saturated heterocycles. The van der Waals surface area contributed by atoms with Gasteiger partial charge < -0.3 is 15.8 Å². The van der Waals surface area contributed by atoms with E-state index in [0.29, 0.717) is 18.3 Å². The molecule has 6 nitrogen and oxygen atoms in total. The Balaban J connectivity index is 2.27. The van der Waals surface area contributed by atoms with E-state index in [1.54, 1.807) is 6.92 Å². The molecule has 0 aromatic carbocycles. The fourth-order valence-corrected chi connectivity index (χ4v) is 2.56. The first-order chi connectivity index (χ1) is 10.2. The van der Waals surface area contributed by atoms with Crippen molar-refractivity contribution in [2.75, 3.05) is 13.1 Å². The van der Waals surface area contributed by atoms with E-state index in [0.717, 1.165) is 25.7 Å². The van der Waals surface area contributed by atoms with Gasteiger partial charge in [0.2, 0.25) is 0 Å². The maximum Gasteiger partial charge on any atom is 0.407 e. The van der Waals surface area contributed by atoms with Crippen molar-refractivity contribution in [1.82, 2.24) is 5.32 Å². The van der Waals surface area contributed by atoms with Crippen molar-refractivity contribution in [3.63, 3.8) is 0 Å². The summed E-state index contributed by atoms with van der Waals surface area (Å²) >= 11 is 0. The maximum atomic E-state index is 12.0. The van der Waals surface area contributed by atoms with Gasteiger partial charge in [0.25, 0.3) is 0 Å². The first-order valence-corrected chi connectivity index (χ1v) is 7.93. The zero-order valence-electron chi connectivity index (χ0n) is 14.1. The number of nitrogens with two attached hydrogens (primary N) is 1. The Labute approximate surface area is 132 Å². The number of alkyl carbamates (subject to hydrolysis) is 1. The van der Waals surface area contributed by atoms with E-state index in [-0.39, 0.29) is 24.3 Å². The van der Waals surface area contributed by atoms with Crippen molar-refractivity contribution in [2.24, 2.45) is 22.6 Å². The summed E-state index contributed by atoms with van der Waals surface area (Å²) in [6, 6.07) is 0. The predicted octanol–water partition coefficient (Wildman–Crippen LogP) is 2.26. The van der Waals surface area contributed by atoms with Crippen LogP contribution in [0.1, 0.15) is 53.4 Å². The van der Waals surface area contributed by atoms with E-state index in [9.17, 15) is 9.59 Å². The number of nitrogens with zero attached hydrogens (tertiary/aromatic N) is 1. The molecular weight excluding hydrogens is 282 g/mol. The first-order valence-electron chi connectivity index (χ1n) is 7.93. The number of aliphatic imine (C=N–C) groups is 1. The van der Waals surface area contributed by atoms with Gasteiger partial charge in [0, 0.05) is 12.5 Å². The van der Waals surface area contributed by atoms with Crippen LogP contribution < -0.4 is 11.1 Å². The van der Waals surface area contributed by atoms with Crippen molar-refractivity contribution >= 4 is 17.7 Å². The largest absolute Gasteiger partial charge is 0.444 e. The number of Topliss-reactive ketones (excluding diaryl/α,β-unsaturated/α-hetero) is 1. The molecule has 1 rings (SSSR count). The molecule has 0 radical (unpaired) electrons. The molecule has 0 atom stereocenters. The third-order valence-electron chi connectivity index (χ3n) is 3.72. The Morgan fingerprint density at radius 3 is 2.32 bits per heavy atom. The van der Waals surface area contributed by atoms with Gasteiger partial charge in [0.1, 0.15) is 5.60 Å². The number of ketones is 1. The predicted molar refractivity (Wildman–Crippen MR) is 86.9 cm³/mol. The molecule has 0 bridgehead atoms. The second-order valence-electron chi connectivity index (χ2n) is 7.02. The van der Waals surface area contributed by atoms with E-state index in [1.165, 1.54) is 0 Å². The Morgan fingerprint density at radius 1 is 1.23 bits per heavy atom. The average molecular weight is 311 g/mol. The number of amides is 1. The summed E-state index contributed by atoms with van der Waals surface area (Å²) in [4.78, 5) is 27.6. The average Bonchev–Trinajstić information content (AvgIpc) is 2.41. The topological polar surface area (TPSA) is 93.8 Å². The molecule has 3 N–H and O–H groups in total. The SMILES string of the molecule is CC(N)=NCC(=O)C1CCC(CNC(=O)OC(C)(C)C)CC1. The molecule has 1 aliphatic carbocycles. The van der Waals surface area contributed by atoms with Crippen LogP contribution in [-0.2, 0) is 9.53 Å². The smallest absolute Gasteiger partial charge is 0.407 e. The van der Waals surface area contributed by atoms with E-state index in [2.05, 4.69) is 10.3 Å². The fourth-order valence-electron chi connectivity index (χ4n) is 2.56. The van der Waals surface area contributed by atoms with E-state index < -0.39 is 5.60 Å². The zero-order chi connectivity index (χ0) is 16.8. The molecular formula is C16H29N3O3. The normalized spacial score (nSPS) is 23.0. The maximum absolute atomic E-state index is 12.0. The van der Waals surface area contributed by atoms with Crippen molar-refractivity contribution in [2.45, 2.75) is 59.0 Å². The van der Waals surface area contributed by atoms with Crippen LogP contribution >= 0.6 is 0 Å². The highest BCUT2D eigenvalue weighted by Gasteiger charge is 2.26. The van der Waals surface area contributed by atoms with E-state index >= 15 is 0 Å². The summed E-state index contributed by atoms with van der Waals surface area (Å²) in [6.45, 7) is 8.01. The summed E-state index contributed by atoms with van der Waals surface area (Å²) in [5.74, 6) is 1.11. The number of rotatable bonds is 5. The van der Waals surface area contributed by atoms with E-state index in [1.807, 2.05) is 20.8 Å². The number of carbonyl (C=O) groups excluding carboxylic acids is 2. The number of amidine groups is 1. The Hall–Kier alpha value is -1.59. The van der Waals surface area contributed by atoms with Crippen molar-refractivity contribution in [3.8, 4) is 0 Å². The lowest BCUT2D eigenvalue weighted by Gasteiger charge is -2.28. The van der Waals surface area contributed by atoms with Gasteiger partial charge in [-0.3, -0.25) is 9.79 Å². The Kier molecular flexibility index (Phi) is 6.84. The van der Waals surface area contributed by atoms with Gasteiger partial charge in [-0.1, -0.05) is 0 Å². The highest BCUT2D eigenvalue weighted by molar-refractivity contribution is 5.86. The molecule has 6 heteroatoms. The Bertz CT molecular complexity index is 415. The van der Waals surface area contributed by atoms with Crippen molar-refractivity contribution in [3.05, 3.63) is 0 Å². The quantitative estimate of drug-likeness (QED) is 0.601. The molecule has 0 unspecified atom stereocenters. The van der Waals surface area contributed by atoms with Crippen LogP contribution in [-0.4, -0.2) is 36.4 Å². The molecule has 1 saturated carbocycles. The standard InChI is InChI=1S/C16H29N3O3/c1-11(17)18-10-14(20)13-7-5-12(6-8-13)9-19-15(21)22-16(2,3)4/h12-13H,5-10H2,1-4H3,(H2,17,18)(H,19,21). The molecule has 1 fully saturated rings.